The number of nitrogens with one attached hydrogen (secondary N) is 1. The highest BCUT2D eigenvalue weighted by molar-refractivity contribution is 8.00. The molecule has 2 aromatic rings. The van der Waals surface area contributed by atoms with Crippen LogP contribution >= 0.6 is 11.8 Å². The topological polar surface area (TPSA) is 47.6 Å². The molecule has 2 aromatic carbocycles. The third-order valence-corrected chi connectivity index (χ3v) is 4.78. The number of hydrogen-bond donors (Lipinski definition) is 1. The lowest BCUT2D eigenvalue weighted by atomic mass is 10.2. The zero-order chi connectivity index (χ0) is 18.2. The van der Waals surface area contributed by atoms with E-state index in [-0.39, 0.29) is 11.2 Å². The molecule has 0 saturated heterocycles. The van der Waals surface area contributed by atoms with Crippen LogP contribution in [0.2, 0.25) is 0 Å². The quantitative estimate of drug-likeness (QED) is 0.680. The first kappa shape index (κ1) is 19.2. The Hall–Kier alpha value is -2.14. The zero-order valence-corrected chi connectivity index (χ0v) is 16.0. The Morgan fingerprint density at radius 1 is 1.16 bits per heavy atom. The van der Waals surface area contributed by atoms with Crippen LogP contribution in [-0.2, 0) is 4.79 Å². The summed E-state index contributed by atoms with van der Waals surface area (Å²) in [6, 6.07) is 13.4. The predicted molar refractivity (Wildman–Crippen MR) is 104 cm³/mol. The lowest BCUT2D eigenvalue weighted by molar-refractivity contribution is -0.115. The number of thioether (sulfide) groups is 1. The smallest absolute Gasteiger partial charge is 0.237 e. The first-order chi connectivity index (χ1) is 12.0. The second-order valence-electron chi connectivity index (χ2n) is 5.75. The fourth-order valence-electron chi connectivity index (χ4n) is 2.23. The molecule has 0 saturated carbocycles. The number of aryl methyl sites for hydroxylation is 1. The monoisotopic (exact) mass is 359 g/mol. The lowest BCUT2D eigenvalue weighted by Gasteiger charge is -2.15. The van der Waals surface area contributed by atoms with Gasteiger partial charge >= 0.3 is 0 Å². The summed E-state index contributed by atoms with van der Waals surface area (Å²) in [5.41, 5.74) is 1.81. The summed E-state index contributed by atoms with van der Waals surface area (Å²) in [7, 11) is 1.64. The van der Waals surface area contributed by atoms with E-state index in [0.29, 0.717) is 6.61 Å². The molecule has 0 fully saturated rings. The minimum absolute atomic E-state index is 0.0221. The summed E-state index contributed by atoms with van der Waals surface area (Å²) in [5, 5.41) is 2.79. The first-order valence-corrected chi connectivity index (χ1v) is 9.26. The van der Waals surface area contributed by atoms with Crippen LogP contribution in [0.25, 0.3) is 0 Å². The Labute approximate surface area is 153 Å². The van der Waals surface area contributed by atoms with E-state index in [1.54, 1.807) is 7.11 Å². The maximum Gasteiger partial charge on any atom is 0.237 e. The van der Waals surface area contributed by atoms with E-state index >= 15 is 0 Å². The van der Waals surface area contributed by atoms with Gasteiger partial charge in [0.15, 0.2) is 0 Å². The van der Waals surface area contributed by atoms with Gasteiger partial charge in [-0.1, -0.05) is 6.92 Å². The van der Waals surface area contributed by atoms with E-state index in [9.17, 15) is 4.79 Å². The second kappa shape index (κ2) is 9.37. The molecule has 0 aliphatic heterocycles. The van der Waals surface area contributed by atoms with Crippen molar-refractivity contribution in [2.24, 2.45) is 0 Å². The Kier molecular flexibility index (Phi) is 7.19. The first-order valence-electron chi connectivity index (χ1n) is 8.38. The molecule has 134 valence electrons. The maximum atomic E-state index is 12.5. The number of carbonyl (C=O) groups is 1. The molecule has 4 nitrogen and oxygen atoms in total. The summed E-state index contributed by atoms with van der Waals surface area (Å²) >= 11 is 1.52. The lowest BCUT2D eigenvalue weighted by Crippen LogP contribution is -2.22. The average molecular weight is 359 g/mol. The molecular formula is C20H25NO3S. The number of ether oxygens (including phenoxy) is 2. The van der Waals surface area contributed by atoms with Gasteiger partial charge in [0.1, 0.15) is 11.5 Å². The van der Waals surface area contributed by atoms with Crippen LogP contribution in [0, 0.1) is 6.92 Å². The highest BCUT2D eigenvalue weighted by Crippen LogP contribution is 2.27. The van der Waals surface area contributed by atoms with Crippen molar-refractivity contribution in [1.29, 1.82) is 0 Å². The van der Waals surface area contributed by atoms with Crippen LogP contribution in [0.4, 0.5) is 5.69 Å². The van der Waals surface area contributed by atoms with E-state index in [4.69, 9.17) is 9.47 Å². The second-order valence-corrected chi connectivity index (χ2v) is 7.16. The number of carbonyl (C=O) groups excluding carboxylic acids is 1. The summed E-state index contributed by atoms with van der Waals surface area (Å²) < 4.78 is 10.8. The summed E-state index contributed by atoms with van der Waals surface area (Å²) in [6.45, 7) is 6.64. The zero-order valence-electron chi connectivity index (χ0n) is 15.2. The molecule has 0 heterocycles. The minimum atomic E-state index is -0.205. The van der Waals surface area contributed by atoms with Crippen molar-refractivity contribution < 1.29 is 14.3 Å². The molecule has 0 aliphatic rings. The van der Waals surface area contributed by atoms with Crippen LogP contribution in [0.1, 0.15) is 25.8 Å². The van der Waals surface area contributed by atoms with Crippen molar-refractivity contribution in [2.45, 2.75) is 37.3 Å². The van der Waals surface area contributed by atoms with Gasteiger partial charge in [0, 0.05) is 10.6 Å². The molecule has 0 spiro atoms. The van der Waals surface area contributed by atoms with E-state index in [0.717, 1.165) is 34.1 Å². The Morgan fingerprint density at radius 3 is 2.44 bits per heavy atom. The van der Waals surface area contributed by atoms with Crippen molar-refractivity contribution in [2.75, 3.05) is 19.0 Å². The van der Waals surface area contributed by atoms with Gasteiger partial charge in [0.05, 0.1) is 19.0 Å². The van der Waals surface area contributed by atoms with E-state index in [2.05, 4.69) is 12.2 Å². The molecule has 0 bridgehead atoms. The van der Waals surface area contributed by atoms with Crippen LogP contribution in [0.3, 0.4) is 0 Å². The molecule has 5 heteroatoms. The standard InChI is InChI=1S/C20H25NO3S/c1-5-12-24-17-8-11-19(14(2)13-17)21-20(22)15(3)25-18-9-6-16(23-4)7-10-18/h6-11,13,15H,5,12H2,1-4H3,(H,21,22). The molecule has 1 atom stereocenters. The van der Waals surface area contributed by atoms with Gasteiger partial charge in [-0.3, -0.25) is 4.79 Å². The number of amides is 1. The number of anilines is 1. The molecule has 25 heavy (non-hydrogen) atoms. The number of methoxy groups -OCH3 is 1. The molecule has 0 aromatic heterocycles. The number of hydrogen-bond acceptors (Lipinski definition) is 4. The van der Waals surface area contributed by atoms with Gasteiger partial charge in [0.2, 0.25) is 5.91 Å². The average Bonchev–Trinajstić information content (AvgIpc) is 2.62. The Bertz CT molecular complexity index is 701. The van der Waals surface area contributed by atoms with Gasteiger partial charge in [-0.05, 0) is 68.3 Å². The van der Waals surface area contributed by atoms with Crippen LogP contribution in [0.15, 0.2) is 47.4 Å². The third kappa shape index (κ3) is 5.71. The molecule has 1 N–H and O–H groups in total. The van der Waals surface area contributed by atoms with Crippen molar-refractivity contribution in [3.63, 3.8) is 0 Å². The van der Waals surface area contributed by atoms with Crippen LogP contribution < -0.4 is 14.8 Å². The number of benzene rings is 2. The third-order valence-electron chi connectivity index (χ3n) is 3.67. The molecular weight excluding hydrogens is 334 g/mol. The fraction of sp³-hybridized carbons (Fsp3) is 0.350. The molecule has 1 unspecified atom stereocenters. The largest absolute Gasteiger partial charge is 0.497 e. The normalized spacial score (nSPS) is 11.7. The summed E-state index contributed by atoms with van der Waals surface area (Å²) in [6.07, 6.45) is 0.970. The van der Waals surface area contributed by atoms with Crippen molar-refractivity contribution in [3.05, 3.63) is 48.0 Å². The van der Waals surface area contributed by atoms with Crippen LogP contribution in [0.5, 0.6) is 11.5 Å². The van der Waals surface area contributed by atoms with Crippen molar-refractivity contribution >= 4 is 23.4 Å². The molecule has 0 aliphatic carbocycles. The highest BCUT2D eigenvalue weighted by atomic mass is 32.2. The summed E-state index contributed by atoms with van der Waals surface area (Å²) in [5.74, 6) is 1.62. The highest BCUT2D eigenvalue weighted by Gasteiger charge is 2.15. The van der Waals surface area contributed by atoms with Gasteiger partial charge in [-0.25, -0.2) is 0 Å². The molecule has 1 amide bonds. The van der Waals surface area contributed by atoms with Crippen molar-refractivity contribution in [3.8, 4) is 11.5 Å². The molecule has 2 rings (SSSR count). The minimum Gasteiger partial charge on any atom is -0.497 e. The van der Waals surface area contributed by atoms with Gasteiger partial charge in [0.25, 0.3) is 0 Å². The predicted octanol–water partition coefficient (Wildman–Crippen LogP) is 4.91. The van der Waals surface area contributed by atoms with Crippen LogP contribution in [-0.4, -0.2) is 24.9 Å². The van der Waals surface area contributed by atoms with E-state index in [1.807, 2.05) is 56.3 Å². The maximum absolute atomic E-state index is 12.5. The Balaban J connectivity index is 1.95. The van der Waals surface area contributed by atoms with Gasteiger partial charge in [-0.15, -0.1) is 11.8 Å². The van der Waals surface area contributed by atoms with Gasteiger partial charge < -0.3 is 14.8 Å². The van der Waals surface area contributed by atoms with E-state index < -0.39 is 0 Å². The molecule has 0 radical (unpaired) electrons. The van der Waals surface area contributed by atoms with Crippen molar-refractivity contribution in [1.82, 2.24) is 0 Å². The Morgan fingerprint density at radius 2 is 1.84 bits per heavy atom. The van der Waals surface area contributed by atoms with Gasteiger partial charge in [-0.2, -0.15) is 0 Å². The number of rotatable bonds is 8. The summed E-state index contributed by atoms with van der Waals surface area (Å²) in [4.78, 5) is 13.5. The van der Waals surface area contributed by atoms with E-state index in [1.165, 1.54) is 11.8 Å². The fourth-order valence-corrected chi connectivity index (χ4v) is 3.10. The SMILES string of the molecule is CCCOc1ccc(NC(=O)C(C)Sc2ccc(OC)cc2)c(C)c1.